The van der Waals surface area contributed by atoms with Crippen molar-refractivity contribution in [1.82, 2.24) is 19.9 Å². The number of rotatable bonds is 12. The summed E-state index contributed by atoms with van der Waals surface area (Å²) >= 11 is 0. The van der Waals surface area contributed by atoms with Crippen LogP contribution in [-0.4, -0.2) is 43.4 Å². The van der Waals surface area contributed by atoms with Gasteiger partial charge in [-0.2, -0.15) is 10.4 Å². The molecule has 3 heterocycles. The number of ether oxygens (including phenoxy) is 1. The average molecular weight is 519 g/mol. The fraction of sp³-hybridized carbons (Fsp3) is 0.448. The van der Waals surface area contributed by atoms with Crippen LogP contribution in [0.3, 0.4) is 0 Å². The van der Waals surface area contributed by atoms with Gasteiger partial charge in [0.05, 0.1) is 29.1 Å². The average Bonchev–Trinajstić information content (AvgIpc) is 3.29. The number of anilines is 1. The SMILES string of the molecule is C=C(CC(CC)(CC)NC(=O)C(C)C)Nc1ccc(-c2cc(OCC(C)(C)O)cn3ncc(C#N)c23)cn1. The number of pyridine rings is 2. The van der Waals surface area contributed by atoms with Gasteiger partial charge in [-0.05, 0) is 44.9 Å². The highest BCUT2D eigenvalue weighted by Crippen LogP contribution is 2.32. The quantitative estimate of drug-likeness (QED) is 0.306. The van der Waals surface area contributed by atoms with Crippen molar-refractivity contribution in [1.29, 1.82) is 5.26 Å². The third-order valence-corrected chi connectivity index (χ3v) is 6.50. The highest BCUT2D eigenvalue weighted by atomic mass is 16.5. The molecule has 38 heavy (non-hydrogen) atoms. The van der Waals surface area contributed by atoms with Gasteiger partial charge in [0.15, 0.2) is 0 Å². The topological polar surface area (TPSA) is 125 Å². The third-order valence-electron chi connectivity index (χ3n) is 6.50. The summed E-state index contributed by atoms with van der Waals surface area (Å²) in [4.78, 5) is 17.0. The number of nitriles is 1. The molecule has 0 unspecified atom stereocenters. The number of hydrogen-bond donors (Lipinski definition) is 3. The van der Waals surface area contributed by atoms with E-state index in [0.29, 0.717) is 29.1 Å². The number of amides is 1. The number of fused-ring (bicyclic) bond motifs is 1. The Balaban J connectivity index is 1.84. The first kappa shape index (κ1) is 28.7. The summed E-state index contributed by atoms with van der Waals surface area (Å²) in [5.74, 6) is 1.07. The molecule has 3 aromatic heterocycles. The van der Waals surface area contributed by atoms with E-state index < -0.39 is 5.60 Å². The van der Waals surface area contributed by atoms with Gasteiger partial charge in [0.1, 0.15) is 24.2 Å². The van der Waals surface area contributed by atoms with Crippen LogP contribution in [0.25, 0.3) is 16.6 Å². The van der Waals surface area contributed by atoms with Crippen molar-refractivity contribution < 1.29 is 14.6 Å². The van der Waals surface area contributed by atoms with Crippen LogP contribution in [0.2, 0.25) is 0 Å². The molecular formula is C29H38N6O3. The van der Waals surface area contributed by atoms with Crippen LogP contribution in [0.5, 0.6) is 5.75 Å². The first-order chi connectivity index (χ1) is 17.9. The number of carbonyl (C=O) groups is 1. The van der Waals surface area contributed by atoms with E-state index in [4.69, 9.17) is 4.74 Å². The second-order valence-corrected chi connectivity index (χ2v) is 10.6. The van der Waals surface area contributed by atoms with Crippen LogP contribution in [0.1, 0.15) is 66.4 Å². The molecule has 0 aliphatic carbocycles. The zero-order valence-electron chi connectivity index (χ0n) is 23.1. The molecule has 0 aliphatic heterocycles. The van der Waals surface area contributed by atoms with Crippen molar-refractivity contribution in [3.63, 3.8) is 0 Å². The third kappa shape index (κ3) is 6.90. The van der Waals surface area contributed by atoms with E-state index in [1.54, 1.807) is 30.8 Å². The van der Waals surface area contributed by atoms with Gasteiger partial charge in [-0.25, -0.2) is 9.50 Å². The Bertz CT molecular complexity index is 1330. The summed E-state index contributed by atoms with van der Waals surface area (Å²) in [7, 11) is 0. The Kier molecular flexibility index (Phi) is 8.79. The van der Waals surface area contributed by atoms with Gasteiger partial charge in [-0.3, -0.25) is 4.79 Å². The molecule has 3 aromatic rings. The maximum atomic E-state index is 12.4. The van der Waals surface area contributed by atoms with Gasteiger partial charge >= 0.3 is 0 Å². The maximum absolute atomic E-state index is 12.4. The molecule has 0 atom stereocenters. The molecule has 9 heteroatoms. The van der Waals surface area contributed by atoms with Crippen LogP contribution in [-0.2, 0) is 4.79 Å². The minimum absolute atomic E-state index is 0.0284. The van der Waals surface area contributed by atoms with Gasteiger partial charge < -0.3 is 20.5 Å². The lowest BCUT2D eigenvalue weighted by Crippen LogP contribution is -2.49. The maximum Gasteiger partial charge on any atom is 0.222 e. The predicted octanol–water partition coefficient (Wildman–Crippen LogP) is 5.06. The van der Waals surface area contributed by atoms with Crippen LogP contribution >= 0.6 is 0 Å². The zero-order valence-corrected chi connectivity index (χ0v) is 23.1. The predicted molar refractivity (Wildman–Crippen MR) is 149 cm³/mol. The smallest absolute Gasteiger partial charge is 0.222 e. The lowest BCUT2D eigenvalue weighted by Gasteiger charge is -2.34. The summed E-state index contributed by atoms with van der Waals surface area (Å²) in [5.41, 5.74) is 1.96. The van der Waals surface area contributed by atoms with Gasteiger partial charge in [-0.1, -0.05) is 34.3 Å². The lowest BCUT2D eigenvalue weighted by molar-refractivity contribution is -0.126. The molecule has 0 bridgehead atoms. The molecule has 9 nitrogen and oxygen atoms in total. The molecule has 0 spiro atoms. The van der Waals surface area contributed by atoms with Crippen LogP contribution < -0.4 is 15.4 Å². The molecule has 0 radical (unpaired) electrons. The summed E-state index contributed by atoms with van der Waals surface area (Å²) in [6, 6.07) is 7.75. The van der Waals surface area contributed by atoms with Gasteiger partial charge in [0.25, 0.3) is 0 Å². The van der Waals surface area contributed by atoms with E-state index >= 15 is 0 Å². The van der Waals surface area contributed by atoms with Gasteiger partial charge in [0, 0.05) is 40.9 Å². The van der Waals surface area contributed by atoms with Crippen molar-refractivity contribution in [3.05, 3.63) is 54.6 Å². The minimum atomic E-state index is -1.00. The molecule has 202 valence electrons. The van der Waals surface area contributed by atoms with Crippen molar-refractivity contribution in [2.75, 3.05) is 11.9 Å². The molecule has 0 aliphatic rings. The summed E-state index contributed by atoms with van der Waals surface area (Å²) in [6.07, 6.45) is 7.05. The molecule has 0 aromatic carbocycles. The van der Waals surface area contributed by atoms with Crippen LogP contribution in [0.15, 0.2) is 49.1 Å². The van der Waals surface area contributed by atoms with E-state index in [1.165, 1.54) is 6.20 Å². The molecule has 3 N–H and O–H groups in total. The normalized spacial score (nSPS) is 11.9. The van der Waals surface area contributed by atoms with Crippen molar-refractivity contribution in [2.24, 2.45) is 5.92 Å². The number of nitrogens with one attached hydrogen (secondary N) is 2. The van der Waals surface area contributed by atoms with E-state index in [1.807, 2.05) is 32.0 Å². The molecule has 0 fully saturated rings. The monoisotopic (exact) mass is 518 g/mol. The lowest BCUT2D eigenvalue weighted by atomic mass is 9.87. The van der Waals surface area contributed by atoms with Crippen molar-refractivity contribution in [2.45, 2.75) is 71.9 Å². The van der Waals surface area contributed by atoms with Crippen molar-refractivity contribution in [3.8, 4) is 22.9 Å². The summed E-state index contributed by atoms with van der Waals surface area (Å²) < 4.78 is 7.40. The van der Waals surface area contributed by atoms with E-state index in [2.05, 4.69) is 47.2 Å². The fourth-order valence-electron chi connectivity index (χ4n) is 4.13. The number of carbonyl (C=O) groups excluding carboxylic acids is 1. The molecule has 0 saturated heterocycles. The van der Waals surface area contributed by atoms with Crippen LogP contribution in [0.4, 0.5) is 5.82 Å². The minimum Gasteiger partial charge on any atom is -0.489 e. The number of nitrogens with zero attached hydrogens (tertiary/aromatic N) is 4. The highest BCUT2D eigenvalue weighted by molar-refractivity contribution is 5.85. The summed E-state index contributed by atoms with van der Waals surface area (Å²) in [6.45, 7) is 15.5. The second-order valence-electron chi connectivity index (χ2n) is 10.6. The van der Waals surface area contributed by atoms with E-state index in [0.717, 1.165) is 29.7 Å². The fourth-order valence-corrected chi connectivity index (χ4v) is 4.13. The number of hydrogen-bond acceptors (Lipinski definition) is 7. The number of aliphatic hydroxyl groups is 1. The molecular weight excluding hydrogens is 480 g/mol. The number of aromatic nitrogens is 3. The van der Waals surface area contributed by atoms with Crippen molar-refractivity contribution >= 4 is 17.2 Å². The summed E-state index contributed by atoms with van der Waals surface area (Å²) in [5, 5.41) is 30.4. The first-order valence-corrected chi connectivity index (χ1v) is 12.9. The Morgan fingerprint density at radius 2 is 1.97 bits per heavy atom. The highest BCUT2D eigenvalue weighted by Gasteiger charge is 2.30. The molecule has 0 saturated carbocycles. The Morgan fingerprint density at radius 1 is 1.26 bits per heavy atom. The largest absolute Gasteiger partial charge is 0.489 e. The van der Waals surface area contributed by atoms with E-state index in [9.17, 15) is 15.2 Å². The first-order valence-electron chi connectivity index (χ1n) is 12.9. The standard InChI is InChI=1S/C29H38N6O3/c1-8-29(9-2,34-27(36)19(3)4)13-20(5)33-25-11-10-21(15-31-25)24-12-23(38-18-28(6,7)37)17-35-26(24)22(14-30)16-32-35/h10-12,15-17,19,37H,5,8-9,13,18H2,1-4,6-7H3,(H,31,33)(H,34,36). The Hall–Kier alpha value is -3.90. The van der Waals surface area contributed by atoms with E-state index in [-0.39, 0.29) is 24.0 Å². The Labute approximate surface area is 224 Å². The molecule has 1 amide bonds. The molecule has 3 rings (SSSR count). The Morgan fingerprint density at radius 3 is 2.53 bits per heavy atom. The van der Waals surface area contributed by atoms with Gasteiger partial charge in [0.2, 0.25) is 5.91 Å². The van der Waals surface area contributed by atoms with Crippen LogP contribution in [0, 0.1) is 17.2 Å². The van der Waals surface area contributed by atoms with Gasteiger partial charge in [-0.15, -0.1) is 0 Å². The zero-order chi connectivity index (χ0) is 28.1. The second kappa shape index (κ2) is 11.7.